The summed E-state index contributed by atoms with van der Waals surface area (Å²) in [6.45, 7) is 17.3. The molecule has 36 heavy (non-hydrogen) atoms. The fourth-order valence-corrected chi connectivity index (χ4v) is 5.97. The van der Waals surface area contributed by atoms with Gasteiger partial charge >= 0.3 is 0 Å². The van der Waals surface area contributed by atoms with Gasteiger partial charge in [0.05, 0.1) is 0 Å². The number of hydrogen-bond donors (Lipinski definition) is 0. The van der Waals surface area contributed by atoms with Crippen LogP contribution in [0.25, 0.3) is 5.57 Å². The molecule has 2 aliphatic carbocycles. The van der Waals surface area contributed by atoms with Crippen LogP contribution in [0, 0.1) is 64.2 Å². The molecule has 0 bridgehead atoms. The van der Waals surface area contributed by atoms with Crippen molar-refractivity contribution in [2.75, 3.05) is 0 Å². The molecule has 0 heterocycles. The van der Waals surface area contributed by atoms with Crippen LogP contribution in [0.5, 0.6) is 0 Å². The van der Waals surface area contributed by atoms with Gasteiger partial charge in [0.1, 0.15) is 0 Å². The van der Waals surface area contributed by atoms with Crippen molar-refractivity contribution in [2.24, 2.45) is 11.8 Å². The number of fused-ring (bicyclic) bond motifs is 1. The third-order valence-corrected chi connectivity index (χ3v) is 8.49. The number of benzene rings is 2. The summed E-state index contributed by atoms with van der Waals surface area (Å²) in [5.74, 6) is 7.54. The summed E-state index contributed by atoms with van der Waals surface area (Å²) in [6.07, 6.45) is 22.0. The fourth-order valence-electron chi connectivity index (χ4n) is 5.97. The van der Waals surface area contributed by atoms with Crippen LogP contribution < -0.4 is 0 Å². The molecule has 188 valence electrons. The summed E-state index contributed by atoms with van der Waals surface area (Å²) in [6, 6.07) is 8.79. The third-order valence-electron chi connectivity index (χ3n) is 8.49. The molecule has 0 aromatic heterocycles. The van der Waals surface area contributed by atoms with E-state index in [0.29, 0.717) is 11.8 Å². The molecule has 2 aromatic carbocycles. The highest BCUT2D eigenvalue weighted by Gasteiger charge is 2.25. The van der Waals surface area contributed by atoms with Crippen molar-refractivity contribution in [3.8, 4) is 24.7 Å². The molecule has 0 heteroatoms. The Morgan fingerprint density at radius 2 is 1.61 bits per heavy atom. The summed E-state index contributed by atoms with van der Waals surface area (Å²) in [7, 11) is 0. The van der Waals surface area contributed by atoms with Crippen LogP contribution >= 0.6 is 0 Å². The Balaban J connectivity index is 0.000000236. The summed E-state index contributed by atoms with van der Waals surface area (Å²) in [4.78, 5) is 0. The molecule has 0 saturated heterocycles. The zero-order valence-corrected chi connectivity index (χ0v) is 23.4. The lowest BCUT2D eigenvalue weighted by molar-refractivity contribution is 0.314. The van der Waals surface area contributed by atoms with Crippen LogP contribution in [0.3, 0.4) is 0 Å². The van der Waals surface area contributed by atoms with Gasteiger partial charge in [-0.15, -0.1) is 18.8 Å². The van der Waals surface area contributed by atoms with Crippen molar-refractivity contribution in [2.45, 2.75) is 92.4 Å². The van der Waals surface area contributed by atoms with E-state index in [0.717, 1.165) is 24.3 Å². The Morgan fingerprint density at radius 3 is 2.22 bits per heavy atom. The lowest BCUT2D eigenvalue weighted by Crippen LogP contribution is -2.13. The number of rotatable bonds is 5. The molecule has 0 radical (unpaired) electrons. The van der Waals surface area contributed by atoms with Crippen molar-refractivity contribution in [3.63, 3.8) is 0 Å². The highest BCUT2D eigenvalue weighted by Crippen LogP contribution is 2.41. The lowest BCUT2D eigenvalue weighted by Gasteiger charge is -2.25. The second kappa shape index (κ2) is 12.3. The number of allylic oxidation sites excluding steroid dienone is 3. The van der Waals surface area contributed by atoms with E-state index in [1.807, 2.05) is 0 Å². The molecule has 2 aromatic rings. The van der Waals surface area contributed by atoms with Gasteiger partial charge in [0.25, 0.3) is 0 Å². The predicted octanol–water partition coefficient (Wildman–Crippen LogP) is 9.43. The maximum atomic E-state index is 5.60. The first-order chi connectivity index (χ1) is 17.2. The standard InChI is InChI=1S/C23H24.C13H20/c1-7-19-10-17(5)23-20(11-16(4)22(23)12-19)13-21-15(3)9-8-14(2)18(21)6;1-4-11(3)10-13-8-6-12(5-2)7-9-13/h1,8-12,20H,13H2,2-6H3;2,12-13H,3-4,6-10H2,1H3. The van der Waals surface area contributed by atoms with E-state index < -0.39 is 0 Å². The van der Waals surface area contributed by atoms with Crippen LogP contribution in [0.4, 0.5) is 0 Å². The molecule has 0 aliphatic heterocycles. The van der Waals surface area contributed by atoms with Gasteiger partial charge in [-0.1, -0.05) is 43.2 Å². The topological polar surface area (TPSA) is 0 Å². The number of aryl methyl sites for hydroxylation is 3. The van der Waals surface area contributed by atoms with Crippen molar-refractivity contribution in [3.05, 3.63) is 87.0 Å². The maximum absolute atomic E-state index is 5.60. The van der Waals surface area contributed by atoms with Gasteiger partial charge in [-0.25, -0.2) is 0 Å². The normalized spacial score (nSPS) is 20.3. The Kier molecular flexibility index (Phi) is 9.46. The van der Waals surface area contributed by atoms with Gasteiger partial charge < -0.3 is 0 Å². The summed E-state index contributed by atoms with van der Waals surface area (Å²) < 4.78 is 0. The van der Waals surface area contributed by atoms with E-state index in [4.69, 9.17) is 12.8 Å². The van der Waals surface area contributed by atoms with Crippen molar-refractivity contribution >= 4 is 5.57 Å². The molecule has 1 saturated carbocycles. The molecular weight excluding hydrogens is 432 g/mol. The summed E-state index contributed by atoms with van der Waals surface area (Å²) in [5, 5.41) is 0. The zero-order chi connectivity index (χ0) is 26.4. The van der Waals surface area contributed by atoms with Gasteiger partial charge in [0.15, 0.2) is 0 Å². The van der Waals surface area contributed by atoms with Crippen LogP contribution in [0.15, 0.2) is 42.5 Å². The molecule has 0 nitrogen and oxygen atoms in total. The van der Waals surface area contributed by atoms with Crippen LogP contribution in [-0.2, 0) is 6.42 Å². The number of terminal acetylenes is 2. The van der Waals surface area contributed by atoms with E-state index in [1.165, 1.54) is 82.2 Å². The zero-order valence-electron chi connectivity index (χ0n) is 23.4. The van der Waals surface area contributed by atoms with Crippen molar-refractivity contribution in [1.82, 2.24) is 0 Å². The van der Waals surface area contributed by atoms with Gasteiger partial charge in [-0.05, 0) is 142 Å². The fraction of sp³-hybridized carbons (Fsp3) is 0.444. The Bertz CT molecular complexity index is 1210. The Labute approximate surface area is 221 Å². The van der Waals surface area contributed by atoms with Crippen LogP contribution in [0.1, 0.15) is 103 Å². The minimum Gasteiger partial charge on any atom is -0.120 e. The SMILES string of the molecule is C#CC1CCC(CC(=C)CC)CC1.C#Cc1cc(C)c2c(c1)C(C)=CC2Cc1c(C)ccc(C)c1C. The highest BCUT2D eigenvalue weighted by atomic mass is 14.3. The molecule has 4 rings (SSSR count). The molecule has 1 fully saturated rings. The van der Waals surface area contributed by atoms with E-state index in [2.05, 4.69) is 90.3 Å². The van der Waals surface area contributed by atoms with E-state index in [9.17, 15) is 0 Å². The van der Waals surface area contributed by atoms with Crippen LogP contribution in [-0.4, -0.2) is 0 Å². The first-order valence-corrected chi connectivity index (χ1v) is 13.7. The monoisotopic (exact) mass is 476 g/mol. The highest BCUT2D eigenvalue weighted by molar-refractivity contribution is 5.76. The van der Waals surface area contributed by atoms with Gasteiger partial charge in [-0.3, -0.25) is 0 Å². The van der Waals surface area contributed by atoms with E-state index in [-0.39, 0.29) is 0 Å². The lowest BCUT2D eigenvalue weighted by atomic mass is 9.79. The second-order valence-electron chi connectivity index (χ2n) is 11.1. The number of hydrogen-bond acceptors (Lipinski definition) is 0. The molecule has 0 N–H and O–H groups in total. The van der Waals surface area contributed by atoms with Gasteiger partial charge in [0, 0.05) is 17.4 Å². The van der Waals surface area contributed by atoms with Gasteiger partial charge in [-0.2, -0.15) is 0 Å². The van der Waals surface area contributed by atoms with E-state index >= 15 is 0 Å². The van der Waals surface area contributed by atoms with E-state index in [1.54, 1.807) is 0 Å². The minimum atomic E-state index is 0.455. The predicted molar refractivity (Wildman–Crippen MR) is 158 cm³/mol. The quantitative estimate of drug-likeness (QED) is 0.298. The second-order valence-corrected chi connectivity index (χ2v) is 11.1. The first kappa shape index (κ1) is 27.6. The first-order valence-electron chi connectivity index (χ1n) is 13.7. The summed E-state index contributed by atoms with van der Waals surface area (Å²) in [5.41, 5.74) is 13.6. The molecule has 0 amide bonds. The minimum absolute atomic E-state index is 0.455. The largest absolute Gasteiger partial charge is 0.120 e. The average molecular weight is 477 g/mol. The van der Waals surface area contributed by atoms with Gasteiger partial charge in [0.2, 0.25) is 0 Å². The molecule has 2 aliphatic rings. The summed E-state index contributed by atoms with van der Waals surface area (Å²) >= 11 is 0. The Hall–Kier alpha value is -2.96. The smallest absolute Gasteiger partial charge is 0.0251 e. The molecule has 0 spiro atoms. The average Bonchev–Trinajstić information content (AvgIpc) is 3.20. The maximum Gasteiger partial charge on any atom is 0.0251 e. The van der Waals surface area contributed by atoms with Crippen molar-refractivity contribution in [1.29, 1.82) is 0 Å². The van der Waals surface area contributed by atoms with Crippen LogP contribution in [0.2, 0.25) is 0 Å². The Morgan fingerprint density at radius 1 is 0.944 bits per heavy atom. The molecule has 1 unspecified atom stereocenters. The molecule has 1 atom stereocenters. The molecular formula is C36H44. The third kappa shape index (κ3) is 6.42. The van der Waals surface area contributed by atoms with Crippen molar-refractivity contribution < 1.29 is 0 Å².